The zero-order valence-corrected chi connectivity index (χ0v) is 10.2. The van der Waals surface area contributed by atoms with Crippen LogP contribution < -0.4 is 5.73 Å². The highest BCUT2D eigenvalue weighted by molar-refractivity contribution is 5.92. The van der Waals surface area contributed by atoms with Crippen molar-refractivity contribution < 1.29 is 24.9 Å². The molecule has 0 bridgehead atoms. The molecule has 0 saturated heterocycles. The van der Waals surface area contributed by atoms with E-state index in [9.17, 15) is 9.59 Å². The summed E-state index contributed by atoms with van der Waals surface area (Å²) in [4.78, 5) is 24.4. The van der Waals surface area contributed by atoms with Gasteiger partial charge in [0.25, 0.3) is 0 Å². The SMILES string of the molecule is NC(=O)c1cccnc1.O=C(O)c1cc(O)ccc1O. The van der Waals surface area contributed by atoms with E-state index < -0.39 is 11.9 Å². The monoisotopic (exact) mass is 276 g/mol. The summed E-state index contributed by atoms with van der Waals surface area (Å²) < 4.78 is 0. The number of hydrogen-bond donors (Lipinski definition) is 4. The lowest BCUT2D eigenvalue weighted by Crippen LogP contribution is -2.10. The molecule has 0 aliphatic rings. The van der Waals surface area contributed by atoms with Gasteiger partial charge in [0.1, 0.15) is 17.1 Å². The van der Waals surface area contributed by atoms with Crippen LogP contribution >= 0.6 is 0 Å². The van der Waals surface area contributed by atoms with E-state index in [-0.39, 0.29) is 17.1 Å². The number of carbonyl (C=O) groups is 2. The van der Waals surface area contributed by atoms with E-state index in [1.807, 2.05) is 0 Å². The van der Waals surface area contributed by atoms with Gasteiger partial charge in [0.2, 0.25) is 5.91 Å². The van der Waals surface area contributed by atoms with Gasteiger partial charge in [-0.15, -0.1) is 0 Å². The molecule has 7 heteroatoms. The summed E-state index contributed by atoms with van der Waals surface area (Å²) in [5.74, 6) is -2.24. The Morgan fingerprint density at radius 3 is 2.25 bits per heavy atom. The van der Waals surface area contributed by atoms with Crippen molar-refractivity contribution in [2.45, 2.75) is 0 Å². The highest BCUT2D eigenvalue weighted by Gasteiger charge is 2.08. The van der Waals surface area contributed by atoms with Crippen LogP contribution in [0.1, 0.15) is 20.7 Å². The summed E-state index contributed by atoms with van der Waals surface area (Å²) in [6.07, 6.45) is 3.02. The van der Waals surface area contributed by atoms with Crippen LogP contribution in [0, 0.1) is 0 Å². The first-order valence-electron chi connectivity index (χ1n) is 5.37. The van der Waals surface area contributed by atoms with Gasteiger partial charge in [-0.3, -0.25) is 9.78 Å². The average molecular weight is 276 g/mol. The molecule has 20 heavy (non-hydrogen) atoms. The number of carboxylic acids is 1. The molecule has 2 rings (SSSR count). The quantitative estimate of drug-likeness (QED) is 0.604. The molecule has 1 aromatic heterocycles. The number of pyridine rings is 1. The van der Waals surface area contributed by atoms with Gasteiger partial charge in [0.15, 0.2) is 0 Å². The minimum Gasteiger partial charge on any atom is -0.508 e. The minimum atomic E-state index is -1.27. The van der Waals surface area contributed by atoms with Gasteiger partial charge in [-0.25, -0.2) is 4.79 Å². The molecule has 0 aliphatic heterocycles. The number of nitrogens with two attached hydrogens (primary N) is 1. The van der Waals surface area contributed by atoms with Crippen LogP contribution in [0.3, 0.4) is 0 Å². The standard InChI is InChI=1S/C7H6O4.C6H6N2O/c8-4-1-2-6(9)5(3-4)7(10)11;7-6(9)5-2-1-3-8-4-5/h1-3,8-9H,(H,10,11);1-4H,(H2,7,9). The van der Waals surface area contributed by atoms with Crippen LogP contribution in [0.15, 0.2) is 42.7 Å². The molecular formula is C13H12N2O5. The molecule has 0 saturated carbocycles. The number of carbonyl (C=O) groups excluding carboxylic acids is 1. The van der Waals surface area contributed by atoms with E-state index >= 15 is 0 Å². The van der Waals surface area contributed by atoms with Crippen LogP contribution in [-0.2, 0) is 0 Å². The smallest absolute Gasteiger partial charge is 0.339 e. The molecule has 0 unspecified atom stereocenters. The Morgan fingerprint density at radius 1 is 1.15 bits per heavy atom. The molecule has 7 nitrogen and oxygen atoms in total. The van der Waals surface area contributed by atoms with Gasteiger partial charge >= 0.3 is 5.97 Å². The van der Waals surface area contributed by atoms with E-state index in [4.69, 9.17) is 21.1 Å². The van der Waals surface area contributed by atoms with Crippen LogP contribution in [0.4, 0.5) is 0 Å². The second-order valence-corrected chi connectivity index (χ2v) is 3.61. The van der Waals surface area contributed by atoms with Crippen molar-refractivity contribution >= 4 is 11.9 Å². The molecule has 0 fully saturated rings. The van der Waals surface area contributed by atoms with Crippen molar-refractivity contribution in [1.82, 2.24) is 4.98 Å². The van der Waals surface area contributed by atoms with Crippen LogP contribution in [0.25, 0.3) is 0 Å². The lowest BCUT2D eigenvalue weighted by molar-refractivity contribution is 0.0693. The van der Waals surface area contributed by atoms with Crippen molar-refractivity contribution in [3.8, 4) is 11.5 Å². The predicted molar refractivity (Wildman–Crippen MR) is 69.5 cm³/mol. The van der Waals surface area contributed by atoms with Gasteiger partial charge < -0.3 is 21.1 Å². The number of carboxylic acid groups (broad SMARTS) is 1. The molecule has 0 spiro atoms. The van der Waals surface area contributed by atoms with E-state index in [0.29, 0.717) is 5.56 Å². The Hall–Kier alpha value is -3.09. The Morgan fingerprint density at radius 2 is 1.85 bits per heavy atom. The lowest BCUT2D eigenvalue weighted by atomic mass is 10.2. The molecule has 2 aromatic rings. The summed E-state index contributed by atoms with van der Waals surface area (Å²) in [5, 5.41) is 26.1. The molecule has 5 N–H and O–H groups in total. The van der Waals surface area contributed by atoms with Gasteiger partial charge in [0.05, 0.1) is 5.56 Å². The maximum Gasteiger partial charge on any atom is 0.339 e. The number of primary amides is 1. The molecule has 0 radical (unpaired) electrons. The van der Waals surface area contributed by atoms with E-state index in [1.165, 1.54) is 12.3 Å². The molecule has 1 aromatic carbocycles. The highest BCUT2D eigenvalue weighted by atomic mass is 16.4. The number of amides is 1. The average Bonchev–Trinajstić information content (AvgIpc) is 2.43. The largest absolute Gasteiger partial charge is 0.508 e. The van der Waals surface area contributed by atoms with E-state index in [0.717, 1.165) is 12.1 Å². The van der Waals surface area contributed by atoms with Crippen molar-refractivity contribution in [2.24, 2.45) is 5.73 Å². The molecule has 0 atom stereocenters. The van der Waals surface area contributed by atoms with Crippen molar-refractivity contribution in [3.63, 3.8) is 0 Å². The maximum atomic E-state index is 10.4. The van der Waals surface area contributed by atoms with Crippen molar-refractivity contribution in [3.05, 3.63) is 53.9 Å². The Kier molecular flexibility index (Phi) is 5.04. The number of phenolic OH excluding ortho intramolecular Hbond substituents is 1. The molecule has 1 amide bonds. The molecule has 0 aliphatic carbocycles. The Bertz CT molecular complexity index is 613. The Balaban J connectivity index is 0.000000204. The highest BCUT2D eigenvalue weighted by Crippen LogP contribution is 2.21. The summed E-state index contributed by atoms with van der Waals surface area (Å²) in [7, 11) is 0. The fraction of sp³-hybridized carbons (Fsp3) is 0. The zero-order chi connectivity index (χ0) is 15.1. The number of aromatic carboxylic acids is 1. The number of rotatable bonds is 2. The third kappa shape index (κ3) is 4.30. The molecule has 104 valence electrons. The van der Waals surface area contributed by atoms with Gasteiger partial charge in [-0.1, -0.05) is 0 Å². The van der Waals surface area contributed by atoms with Crippen LogP contribution in [0.2, 0.25) is 0 Å². The Labute approximate surface area is 113 Å². The third-order valence-electron chi connectivity index (χ3n) is 2.16. The van der Waals surface area contributed by atoms with Gasteiger partial charge in [-0.05, 0) is 30.3 Å². The van der Waals surface area contributed by atoms with E-state index in [1.54, 1.807) is 18.3 Å². The number of phenols is 2. The summed E-state index contributed by atoms with van der Waals surface area (Å²) in [5.41, 5.74) is 5.08. The number of hydrogen-bond acceptors (Lipinski definition) is 5. The summed E-state index contributed by atoms with van der Waals surface area (Å²) >= 11 is 0. The molecule has 1 heterocycles. The number of nitrogens with zero attached hydrogens (tertiary/aromatic N) is 1. The van der Waals surface area contributed by atoms with Crippen molar-refractivity contribution in [2.75, 3.05) is 0 Å². The first kappa shape index (κ1) is 15.0. The zero-order valence-electron chi connectivity index (χ0n) is 10.2. The first-order valence-corrected chi connectivity index (χ1v) is 5.37. The topological polar surface area (TPSA) is 134 Å². The van der Waals surface area contributed by atoms with E-state index in [2.05, 4.69) is 4.98 Å². The second kappa shape index (κ2) is 6.74. The molecular weight excluding hydrogens is 264 g/mol. The van der Waals surface area contributed by atoms with Gasteiger partial charge in [-0.2, -0.15) is 0 Å². The number of benzene rings is 1. The number of aromatic nitrogens is 1. The summed E-state index contributed by atoms with van der Waals surface area (Å²) in [6, 6.07) is 6.60. The second-order valence-electron chi connectivity index (χ2n) is 3.61. The predicted octanol–water partition coefficient (Wildman–Crippen LogP) is 0.977. The first-order chi connectivity index (χ1) is 9.41. The normalized spacial score (nSPS) is 9.20. The van der Waals surface area contributed by atoms with Crippen molar-refractivity contribution in [1.29, 1.82) is 0 Å². The summed E-state index contributed by atoms with van der Waals surface area (Å²) in [6.45, 7) is 0. The number of aromatic hydroxyl groups is 2. The minimum absolute atomic E-state index is 0.180. The third-order valence-corrected chi connectivity index (χ3v) is 2.16. The fourth-order valence-corrected chi connectivity index (χ4v) is 1.20. The van der Waals surface area contributed by atoms with Crippen LogP contribution in [-0.4, -0.2) is 32.2 Å². The fourth-order valence-electron chi connectivity index (χ4n) is 1.20. The van der Waals surface area contributed by atoms with Crippen LogP contribution in [0.5, 0.6) is 11.5 Å². The van der Waals surface area contributed by atoms with Gasteiger partial charge in [0, 0.05) is 12.4 Å². The maximum absolute atomic E-state index is 10.4. The lowest BCUT2D eigenvalue weighted by Gasteiger charge is -1.98.